The van der Waals surface area contributed by atoms with Crippen molar-refractivity contribution in [3.63, 3.8) is 0 Å². The average Bonchev–Trinajstić information content (AvgIpc) is 3.17. The van der Waals surface area contributed by atoms with Gasteiger partial charge < -0.3 is 0 Å². The second kappa shape index (κ2) is 6.73. The van der Waals surface area contributed by atoms with Crippen LogP contribution in [0.5, 0.6) is 0 Å². The quantitative estimate of drug-likeness (QED) is 0.228. The van der Waals surface area contributed by atoms with Gasteiger partial charge in [-0.3, -0.25) is 14.6 Å². The number of aromatic nitrogens is 3. The number of pyridine rings is 2. The number of carbonyl (C=O) groups is 1. The van der Waals surface area contributed by atoms with E-state index < -0.39 is 29.0 Å². The highest BCUT2D eigenvalue weighted by atomic mass is 19.4. The number of rotatable bonds is 3. The van der Waals surface area contributed by atoms with Crippen molar-refractivity contribution >= 4 is 22.6 Å². The maximum absolute atomic E-state index is 14.4. The number of benzene rings is 1. The Balaban J connectivity index is 2.10. The minimum absolute atomic E-state index is 0.0898. The molecule has 0 spiro atoms. The summed E-state index contributed by atoms with van der Waals surface area (Å²) in [6, 6.07) is 10.9. The molecule has 6 nitrogen and oxygen atoms in total. The zero-order valence-electron chi connectivity index (χ0n) is 14.9. The topological polar surface area (TPSA) is 85.3 Å². The van der Waals surface area contributed by atoms with E-state index in [9.17, 15) is 26.7 Å². The van der Waals surface area contributed by atoms with E-state index in [0.717, 1.165) is 18.3 Å². The number of hydrogen-bond acceptors (Lipinski definition) is 4. The molecule has 0 saturated carbocycles. The Kier molecular flexibility index (Phi) is 4.42. The molecule has 1 aromatic carbocycles. The highest BCUT2D eigenvalue weighted by Crippen LogP contribution is 2.46. The molecular formula is C19H12F5N5O. The summed E-state index contributed by atoms with van der Waals surface area (Å²) in [6.45, 7) is 0. The standard InChI is InChI=1S/C19H12F5N5O/c20-18(21,19(22,23)24)12-8-13(10-4-2-1-3-5-10)27-16-11(12)6-7-15-26-14(9-29(15)16)17(30)28-25/h1-9H,25H2,(H,28,30). The molecule has 154 valence electrons. The summed E-state index contributed by atoms with van der Waals surface area (Å²) in [5, 5.41) is -0.429. The largest absolute Gasteiger partial charge is 0.458 e. The van der Waals surface area contributed by atoms with Crippen molar-refractivity contribution in [1.82, 2.24) is 19.8 Å². The fraction of sp³-hybridized carbons (Fsp3) is 0.105. The number of hydrogen-bond donors (Lipinski definition) is 2. The van der Waals surface area contributed by atoms with Gasteiger partial charge in [-0.2, -0.15) is 22.0 Å². The van der Waals surface area contributed by atoms with Crippen LogP contribution in [0.4, 0.5) is 22.0 Å². The van der Waals surface area contributed by atoms with Gasteiger partial charge in [-0.1, -0.05) is 30.3 Å². The van der Waals surface area contributed by atoms with Crippen LogP contribution in [0.1, 0.15) is 16.1 Å². The second-order valence-corrected chi connectivity index (χ2v) is 6.39. The van der Waals surface area contributed by atoms with Crippen LogP contribution in [0.25, 0.3) is 27.9 Å². The normalized spacial score (nSPS) is 12.5. The van der Waals surface area contributed by atoms with Crippen molar-refractivity contribution in [2.24, 2.45) is 5.84 Å². The van der Waals surface area contributed by atoms with Gasteiger partial charge in [0.2, 0.25) is 0 Å². The summed E-state index contributed by atoms with van der Waals surface area (Å²) >= 11 is 0. The molecule has 0 aliphatic rings. The summed E-state index contributed by atoms with van der Waals surface area (Å²) in [5.41, 5.74) is 0.643. The average molecular weight is 421 g/mol. The van der Waals surface area contributed by atoms with Gasteiger partial charge >= 0.3 is 12.1 Å². The number of hydrazine groups is 1. The first-order valence-corrected chi connectivity index (χ1v) is 8.47. The predicted octanol–water partition coefficient (Wildman–Crippen LogP) is 3.81. The monoisotopic (exact) mass is 421 g/mol. The number of nitrogens with two attached hydrogens (primary N) is 1. The number of nitrogens with one attached hydrogen (secondary N) is 1. The molecule has 3 aromatic heterocycles. The minimum atomic E-state index is -5.82. The van der Waals surface area contributed by atoms with Crippen molar-refractivity contribution in [1.29, 1.82) is 0 Å². The Bertz CT molecular complexity index is 1270. The van der Waals surface area contributed by atoms with Gasteiger partial charge in [-0.15, -0.1) is 0 Å². The van der Waals surface area contributed by atoms with Crippen molar-refractivity contribution < 1.29 is 26.7 Å². The summed E-state index contributed by atoms with van der Waals surface area (Å²) in [4.78, 5) is 20.0. The summed E-state index contributed by atoms with van der Waals surface area (Å²) in [5.74, 6) is -0.814. The molecule has 0 bridgehead atoms. The molecule has 0 unspecified atom stereocenters. The molecule has 4 aromatic rings. The van der Waals surface area contributed by atoms with E-state index in [1.54, 1.807) is 18.2 Å². The smallest absolute Gasteiger partial charge is 0.289 e. The Hall–Kier alpha value is -3.60. The number of carbonyl (C=O) groups excluding carboxylic acids is 1. The summed E-state index contributed by atoms with van der Waals surface area (Å²) < 4.78 is 69.6. The molecule has 0 aliphatic carbocycles. The molecule has 1 amide bonds. The number of fused-ring (bicyclic) bond motifs is 3. The van der Waals surface area contributed by atoms with Gasteiger partial charge in [-0.25, -0.2) is 15.8 Å². The van der Waals surface area contributed by atoms with Crippen LogP contribution in [0.3, 0.4) is 0 Å². The number of halogens is 5. The van der Waals surface area contributed by atoms with Crippen molar-refractivity contribution in [2.45, 2.75) is 12.1 Å². The lowest BCUT2D eigenvalue weighted by Crippen LogP contribution is -2.34. The van der Waals surface area contributed by atoms with E-state index in [4.69, 9.17) is 5.84 Å². The lowest BCUT2D eigenvalue weighted by molar-refractivity contribution is -0.288. The summed E-state index contributed by atoms with van der Waals surface area (Å²) in [7, 11) is 0. The second-order valence-electron chi connectivity index (χ2n) is 6.39. The van der Waals surface area contributed by atoms with E-state index >= 15 is 0 Å². The number of alkyl halides is 5. The Morgan fingerprint density at radius 3 is 2.33 bits per heavy atom. The number of imidazole rings is 1. The van der Waals surface area contributed by atoms with Gasteiger partial charge in [0.15, 0.2) is 0 Å². The van der Waals surface area contributed by atoms with Crippen LogP contribution in [0, 0.1) is 0 Å². The zero-order valence-corrected chi connectivity index (χ0v) is 14.9. The first-order valence-electron chi connectivity index (χ1n) is 8.47. The molecule has 3 N–H and O–H groups in total. The van der Waals surface area contributed by atoms with Crippen LogP contribution in [-0.2, 0) is 5.92 Å². The highest BCUT2D eigenvalue weighted by molar-refractivity contribution is 5.93. The minimum Gasteiger partial charge on any atom is -0.289 e. The first kappa shape index (κ1) is 19.7. The van der Waals surface area contributed by atoms with Gasteiger partial charge in [0.1, 0.15) is 17.0 Å². The van der Waals surface area contributed by atoms with E-state index in [-0.39, 0.29) is 22.7 Å². The number of amides is 1. The highest BCUT2D eigenvalue weighted by Gasteiger charge is 2.59. The third-order valence-corrected chi connectivity index (χ3v) is 4.53. The Morgan fingerprint density at radius 2 is 1.70 bits per heavy atom. The maximum atomic E-state index is 14.4. The van der Waals surface area contributed by atoms with Crippen molar-refractivity contribution in [3.05, 3.63) is 66.0 Å². The van der Waals surface area contributed by atoms with Crippen LogP contribution in [0.15, 0.2) is 54.7 Å². The Labute approximate surface area is 165 Å². The number of nitrogens with zero attached hydrogens (tertiary/aromatic N) is 3. The van der Waals surface area contributed by atoms with Crippen LogP contribution in [0.2, 0.25) is 0 Å². The van der Waals surface area contributed by atoms with E-state index in [1.165, 1.54) is 22.6 Å². The van der Waals surface area contributed by atoms with Gasteiger partial charge in [0.05, 0.1) is 5.69 Å². The molecule has 0 saturated heterocycles. The van der Waals surface area contributed by atoms with Crippen molar-refractivity contribution in [3.8, 4) is 11.3 Å². The molecule has 30 heavy (non-hydrogen) atoms. The van der Waals surface area contributed by atoms with Crippen LogP contribution in [-0.4, -0.2) is 26.5 Å². The molecule has 0 aliphatic heterocycles. The van der Waals surface area contributed by atoms with Crippen LogP contribution < -0.4 is 11.3 Å². The van der Waals surface area contributed by atoms with E-state index in [2.05, 4.69) is 9.97 Å². The van der Waals surface area contributed by atoms with E-state index in [0.29, 0.717) is 5.56 Å². The molecule has 0 fully saturated rings. The predicted molar refractivity (Wildman–Crippen MR) is 97.5 cm³/mol. The van der Waals surface area contributed by atoms with E-state index in [1.807, 2.05) is 5.43 Å². The third-order valence-electron chi connectivity index (χ3n) is 4.53. The molecular weight excluding hydrogens is 409 g/mol. The molecule has 11 heteroatoms. The SMILES string of the molecule is NNC(=O)c1cn2c(ccc3c(C(F)(F)C(F)(F)F)cc(-c4ccccc4)nc32)n1. The van der Waals surface area contributed by atoms with Gasteiger partial charge in [0, 0.05) is 22.7 Å². The Morgan fingerprint density at radius 1 is 1.00 bits per heavy atom. The fourth-order valence-electron chi connectivity index (χ4n) is 3.08. The molecule has 0 radical (unpaired) electrons. The van der Waals surface area contributed by atoms with Crippen molar-refractivity contribution in [2.75, 3.05) is 0 Å². The molecule has 4 rings (SSSR count). The lowest BCUT2D eigenvalue weighted by atomic mass is 10.0. The molecule has 3 heterocycles. The first-order chi connectivity index (χ1) is 14.1. The molecule has 0 atom stereocenters. The van der Waals surface area contributed by atoms with Gasteiger partial charge in [0.25, 0.3) is 5.91 Å². The lowest BCUT2D eigenvalue weighted by Gasteiger charge is -2.22. The van der Waals surface area contributed by atoms with Crippen LogP contribution >= 0.6 is 0 Å². The maximum Gasteiger partial charge on any atom is 0.458 e. The third kappa shape index (κ3) is 3.03. The summed E-state index contributed by atoms with van der Waals surface area (Å²) in [6.07, 6.45) is -4.65. The van der Waals surface area contributed by atoms with Gasteiger partial charge in [-0.05, 0) is 18.2 Å². The number of nitrogen functional groups attached to an aromatic ring is 1. The fourth-order valence-corrected chi connectivity index (χ4v) is 3.08. The zero-order chi connectivity index (χ0) is 21.7.